The molecule has 1 unspecified atom stereocenters. The van der Waals surface area contributed by atoms with Gasteiger partial charge in [-0.2, -0.15) is 0 Å². The van der Waals surface area contributed by atoms with E-state index in [0.29, 0.717) is 49.2 Å². The summed E-state index contributed by atoms with van der Waals surface area (Å²) in [6, 6.07) is 23.8. The molecular formula is C41H49N5O3. The Balaban J connectivity index is 1.18. The number of hydrogen-bond acceptors (Lipinski definition) is 4. The van der Waals surface area contributed by atoms with Gasteiger partial charge in [-0.1, -0.05) is 54.1 Å². The number of H-pyrrole nitrogens is 1. The molecule has 3 amide bonds. The van der Waals surface area contributed by atoms with Crippen LogP contribution in [-0.2, 0) is 22.4 Å². The van der Waals surface area contributed by atoms with Crippen LogP contribution >= 0.6 is 0 Å². The van der Waals surface area contributed by atoms with Gasteiger partial charge in [-0.05, 0) is 113 Å². The van der Waals surface area contributed by atoms with Crippen LogP contribution in [0.25, 0.3) is 10.9 Å². The Bertz CT molecular complexity index is 1800. The zero-order valence-corrected chi connectivity index (χ0v) is 29.2. The Hall–Kier alpha value is -4.56. The van der Waals surface area contributed by atoms with Crippen molar-refractivity contribution in [3.05, 3.63) is 101 Å². The van der Waals surface area contributed by atoms with Gasteiger partial charge in [0.2, 0.25) is 5.91 Å². The normalized spacial score (nSPS) is 17.1. The van der Waals surface area contributed by atoms with E-state index in [1.807, 2.05) is 70.6 Å². The van der Waals surface area contributed by atoms with Crippen LogP contribution in [0.15, 0.2) is 84.0 Å². The molecule has 256 valence electrons. The molecule has 2 aliphatic rings. The van der Waals surface area contributed by atoms with Crippen LogP contribution < -0.4 is 4.90 Å². The summed E-state index contributed by atoms with van der Waals surface area (Å²) in [5.74, 6) is 0.299. The van der Waals surface area contributed by atoms with Crippen LogP contribution in [0.3, 0.4) is 0 Å². The number of amides is 3. The molecular weight excluding hydrogens is 610 g/mol. The molecule has 1 fully saturated rings. The minimum Gasteiger partial charge on any atom is -0.361 e. The van der Waals surface area contributed by atoms with E-state index in [1.54, 1.807) is 0 Å². The summed E-state index contributed by atoms with van der Waals surface area (Å²) in [5, 5.41) is 1.03. The number of fused-ring (bicyclic) bond motifs is 2. The molecule has 8 nitrogen and oxygen atoms in total. The maximum absolute atomic E-state index is 14.6. The maximum atomic E-state index is 14.6. The van der Waals surface area contributed by atoms with Crippen molar-refractivity contribution in [1.82, 2.24) is 14.8 Å². The zero-order chi connectivity index (χ0) is 34.3. The number of benzene rings is 3. The van der Waals surface area contributed by atoms with Gasteiger partial charge >= 0.3 is 0 Å². The van der Waals surface area contributed by atoms with Crippen molar-refractivity contribution in [1.29, 1.82) is 0 Å². The molecule has 1 saturated heterocycles. The average molecular weight is 660 g/mol. The summed E-state index contributed by atoms with van der Waals surface area (Å²) in [5.41, 5.74) is 6.24. The Labute approximate surface area is 290 Å². The summed E-state index contributed by atoms with van der Waals surface area (Å²) < 4.78 is 0. The first-order chi connectivity index (χ1) is 23.7. The minimum atomic E-state index is -0.255. The zero-order valence-electron chi connectivity index (χ0n) is 29.2. The van der Waals surface area contributed by atoms with Crippen molar-refractivity contribution in [3.8, 4) is 0 Å². The molecule has 0 saturated carbocycles. The number of aliphatic imine (C=N–C) groups is 1. The Kier molecular flexibility index (Phi) is 11.0. The monoisotopic (exact) mass is 659 g/mol. The molecule has 6 rings (SSSR count). The first-order valence-electron chi connectivity index (χ1n) is 17.8. The van der Waals surface area contributed by atoms with Crippen LogP contribution in [0.4, 0.5) is 5.69 Å². The lowest BCUT2D eigenvalue weighted by Crippen LogP contribution is -2.44. The number of aromatic nitrogens is 1. The molecule has 49 heavy (non-hydrogen) atoms. The molecule has 0 aliphatic carbocycles. The van der Waals surface area contributed by atoms with Gasteiger partial charge in [0.25, 0.3) is 11.8 Å². The number of likely N-dealkylation sites (tertiary alicyclic amines) is 1. The third-order valence-corrected chi connectivity index (χ3v) is 10.2. The Morgan fingerprint density at radius 3 is 2.45 bits per heavy atom. The second-order valence-electron chi connectivity index (χ2n) is 14.2. The van der Waals surface area contributed by atoms with Crippen molar-refractivity contribution in [2.24, 2.45) is 16.8 Å². The highest BCUT2D eigenvalue weighted by Crippen LogP contribution is 2.33. The molecule has 0 radical (unpaired) electrons. The minimum absolute atomic E-state index is 0.0644. The number of para-hydroxylation sites is 1. The van der Waals surface area contributed by atoms with E-state index >= 15 is 0 Å². The second kappa shape index (κ2) is 15.8. The van der Waals surface area contributed by atoms with E-state index in [9.17, 15) is 14.4 Å². The van der Waals surface area contributed by atoms with Gasteiger partial charge < -0.3 is 19.7 Å². The van der Waals surface area contributed by atoms with Gasteiger partial charge in [-0.15, -0.1) is 0 Å². The first-order valence-corrected chi connectivity index (χ1v) is 17.8. The highest BCUT2D eigenvalue weighted by Gasteiger charge is 2.32. The number of carbonyl (C=O) groups excluding carboxylic acids is 3. The number of aryl methyl sites for hydroxylation is 1. The summed E-state index contributed by atoms with van der Waals surface area (Å²) >= 11 is 0. The number of rotatable bonds is 11. The molecule has 0 spiro atoms. The summed E-state index contributed by atoms with van der Waals surface area (Å²) in [6.07, 6.45) is 7.93. The molecule has 8 heteroatoms. The van der Waals surface area contributed by atoms with E-state index in [1.165, 1.54) is 11.1 Å². The Morgan fingerprint density at radius 1 is 0.918 bits per heavy atom. The van der Waals surface area contributed by atoms with E-state index in [0.717, 1.165) is 60.8 Å². The largest absolute Gasteiger partial charge is 0.361 e. The number of aromatic amines is 1. The molecule has 2 aliphatic heterocycles. The van der Waals surface area contributed by atoms with Crippen molar-refractivity contribution >= 4 is 40.0 Å². The smallest absolute Gasteiger partial charge is 0.273 e. The van der Waals surface area contributed by atoms with E-state index in [2.05, 4.69) is 54.1 Å². The number of nitrogens with zero attached hydrogens (tertiary/aromatic N) is 4. The van der Waals surface area contributed by atoms with Crippen LogP contribution in [-0.4, -0.2) is 78.5 Å². The van der Waals surface area contributed by atoms with Crippen LogP contribution in [0.5, 0.6) is 0 Å². The van der Waals surface area contributed by atoms with Crippen molar-refractivity contribution in [2.75, 3.05) is 45.2 Å². The number of nitrogens with one attached hydrogen (secondary N) is 1. The number of carbonyl (C=O) groups is 3. The van der Waals surface area contributed by atoms with Gasteiger partial charge in [-0.25, -0.2) is 4.99 Å². The summed E-state index contributed by atoms with van der Waals surface area (Å²) in [7, 11) is 4.19. The SMILES string of the molecule is Cc1ccc2c(c1)CC(CCCN(C)C)CN2C(=O)C(Cc1c[nH]c2ccccc12)=NC(=O)CCC1CCN(C(=O)c2ccccc2)CC1. The van der Waals surface area contributed by atoms with Crippen LogP contribution in [0, 0.1) is 18.8 Å². The molecule has 0 bridgehead atoms. The van der Waals surface area contributed by atoms with Crippen LogP contribution in [0.1, 0.15) is 65.6 Å². The molecule has 3 heterocycles. The van der Waals surface area contributed by atoms with Gasteiger partial charge in [0.15, 0.2) is 0 Å². The highest BCUT2D eigenvalue weighted by atomic mass is 16.2. The van der Waals surface area contributed by atoms with Gasteiger partial charge in [0, 0.05) is 60.8 Å². The van der Waals surface area contributed by atoms with E-state index in [4.69, 9.17) is 0 Å². The Morgan fingerprint density at radius 2 is 1.67 bits per heavy atom. The van der Waals surface area contributed by atoms with Crippen molar-refractivity contribution in [2.45, 2.75) is 58.3 Å². The first kappa shape index (κ1) is 34.3. The maximum Gasteiger partial charge on any atom is 0.273 e. The standard InChI is InChI=1S/C41H49N5O3/c1-29-15-17-38-33(24-29)25-31(10-9-21-44(2)3)28-46(38)41(49)37(26-34-27-42-36-14-8-7-13-35(34)36)43-39(47)18-16-30-19-22-45(23-20-30)40(48)32-11-5-4-6-12-32/h4-8,11-15,17,24,27,30-31,42H,9-10,16,18-23,25-26,28H2,1-3H3. The van der Waals surface area contributed by atoms with Gasteiger partial charge in [0.1, 0.15) is 5.71 Å². The number of piperidine rings is 1. The summed E-state index contributed by atoms with van der Waals surface area (Å²) in [4.78, 5) is 55.0. The third kappa shape index (κ3) is 8.54. The van der Waals surface area contributed by atoms with Gasteiger partial charge in [0.05, 0.1) is 0 Å². The third-order valence-electron chi connectivity index (χ3n) is 10.2. The van der Waals surface area contributed by atoms with Crippen molar-refractivity contribution in [3.63, 3.8) is 0 Å². The average Bonchev–Trinajstić information content (AvgIpc) is 3.52. The predicted molar refractivity (Wildman–Crippen MR) is 197 cm³/mol. The van der Waals surface area contributed by atoms with Crippen molar-refractivity contribution < 1.29 is 14.4 Å². The fourth-order valence-electron chi connectivity index (χ4n) is 7.45. The van der Waals surface area contributed by atoms with Crippen LogP contribution in [0.2, 0.25) is 0 Å². The van der Waals surface area contributed by atoms with E-state index < -0.39 is 0 Å². The van der Waals surface area contributed by atoms with Gasteiger partial charge in [-0.3, -0.25) is 14.4 Å². The number of hydrogen-bond donors (Lipinski definition) is 1. The lowest BCUT2D eigenvalue weighted by atomic mass is 9.88. The fraction of sp³-hybridized carbons (Fsp3) is 0.415. The molecule has 3 aromatic carbocycles. The number of anilines is 1. The van der Waals surface area contributed by atoms with E-state index in [-0.39, 0.29) is 30.6 Å². The second-order valence-corrected chi connectivity index (χ2v) is 14.2. The summed E-state index contributed by atoms with van der Waals surface area (Å²) in [6.45, 7) is 5.09. The molecule has 4 aromatic rings. The molecule has 1 aromatic heterocycles. The quantitative estimate of drug-likeness (QED) is 0.178. The fourth-order valence-corrected chi connectivity index (χ4v) is 7.45. The lowest BCUT2D eigenvalue weighted by Gasteiger charge is -2.35. The topological polar surface area (TPSA) is 89.1 Å². The molecule has 1 N–H and O–H groups in total. The predicted octanol–water partition coefficient (Wildman–Crippen LogP) is 6.87. The lowest BCUT2D eigenvalue weighted by molar-refractivity contribution is -0.119. The molecule has 1 atom stereocenters. The highest BCUT2D eigenvalue weighted by molar-refractivity contribution is 6.45.